The topological polar surface area (TPSA) is 89.9 Å². The van der Waals surface area contributed by atoms with Gasteiger partial charge in [0.05, 0.1) is 19.9 Å². The maximum absolute atomic E-state index is 12.9. The van der Waals surface area contributed by atoms with Crippen molar-refractivity contribution in [2.75, 3.05) is 32.6 Å². The molecule has 0 aliphatic carbocycles. The fourth-order valence-corrected chi connectivity index (χ4v) is 5.09. The molecule has 1 N–H and O–H groups in total. The van der Waals surface area contributed by atoms with E-state index in [-0.39, 0.29) is 10.6 Å². The molecule has 0 radical (unpaired) electrons. The lowest BCUT2D eigenvalue weighted by atomic mass is 10.2. The summed E-state index contributed by atoms with van der Waals surface area (Å²) < 4.78 is 39.4. The Labute approximate surface area is 165 Å². The van der Waals surface area contributed by atoms with Gasteiger partial charge in [0.15, 0.2) is 0 Å². The maximum Gasteiger partial charge on any atom is 0.272 e. The molecule has 0 saturated carbocycles. The van der Waals surface area contributed by atoms with Crippen molar-refractivity contribution in [2.45, 2.75) is 24.7 Å². The smallest absolute Gasteiger partial charge is 0.272 e. The average Bonchev–Trinajstić information content (AvgIpc) is 3.32. The van der Waals surface area contributed by atoms with Crippen LogP contribution in [-0.2, 0) is 17.1 Å². The number of nitrogens with one attached hydrogen (secondary N) is 1. The van der Waals surface area contributed by atoms with Crippen LogP contribution in [0.5, 0.6) is 11.5 Å². The molecule has 2 aromatic rings. The molecular formula is C19H25N3O5S. The summed E-state index contributed by atoms with van der Waals surface area (Å²) in [6.07, 6.45) is 1.71. The zero-order valence-electron chi connectivity index (χ0n) is 16.5. The molecule has 1 amide bonds. The first-order valence-corrected chi connectivity index (χ1v) is 10.4. The minimum absolute atomic E-state index is 0.170. The second-order valence-corrected chi connectivity index (χ2v) is 8.58. The van der Waals surface area contributed by atoms with E-state index in [0.29, 0.717) is 36.0 Å². The highest BCUT2D eigenvalue weighted by Gasteiger charge is 2.31. The predicted octanol–water partition coefficient (Wildman–Crippen LogP) is 2.39. The zero-order chi connectivity index (χ0) is 20.5. The van der Waals surface area contributed by atoms with Crippen molar-refractivity contribution in [1.82, 2.24) is 8.87 Å². The minimum atomic E-state index is -3.61. The molecule has 0 unspecified atom stereocenters. The molecule has 28 heavy (non-hydrogen) atoms. The summed E-state index contributed by atoms with van der Waals surface area (Å²) in [7, 11) is 1.11. The highest BCUT2D eigenvalue weighted by molar-refractivity contribution is 7.89. The quantitative estimate of drug-likeness (QED) is 0.794. The summed E-state index contributed by atoms with van der Waals surface area (Å²) in [6, 6.07) is 6.48. The van der Waals surface area contributed by atoms with Gasteiger partial charge in [-0.3, -0.25) is 4.79 Å². The van der Waals surface area contributed by atoms with Crippen LogP contribution in [0.4, 0.5) is 5.69 Å². The van der Waals surface area contributed by atoms with Crippen LogP contribution in [0.2, 0.25) is 0 Å². The second kappa shape index (κ2) is 7.84. The molecule has 1 aliphatic heterocycles. The molecule has 1 saturated heterocycles. The van der Waals surface area contributed by atoms with Crippen molar-refractivity contribution in [3.05, 3.63) is 35.7 Å². The van der Waals surface area contributed by atoms with Crippen molar-refractivity contribution < 1.29 is 22.7 Å². The molecule has 0 atom stereocenters. The Morgan fingerprint density at radius 3 is 2.39 bits per heavy atom. The van der Waals surface area contributed by atoms with Crippen molar-refractivity contribution in [3.63, 3.8) is 0 Å². The largest absolute Gasteiger partial charge is 0.497 e. The highest BCUT2D eigenvalue weighted by Crippen LogP contribution is 2.30. The Bertz CT molecular complexity index is 991. The number of hydrogen-bond donors (Lipinski definition) is 1. The standard InChI is InChI=1S/C19H25N3O5S/c1-13-18(28(24,25)22-9-5-6-10-22)12-16(21(13)2)19(23)20-15-8-7-14(26-3)11-17(15)27-4/h7-8,11-12H,5-6,9-10H2,1-4H3,(H,20,23). The minimum Gasteiger partial charge on any atom is -0.497 e. The first kappa shape index (κ1) is 20.2. The van der Waals surface area contributed by atoms with Crippen LogP contribution in [0.25, 0.3) is 0 Å². The van der Waals surface area contributed by atoms with Gasteiger partial charge in [-0.15, -0.1) is 0 Å². The molecule has 1 fully saturated rings. The van der Waals surface area contributed by atoms with E-state index >= 15 is 0 Å². The molecule has 152 valence electrons. The Balaban J connectivity index is 1.91. The number of ether oxygens (including phenoxy) is 2. The maximum atomic E-state index is 12.9. The molecule has 8 nitrogen and oxygen atoms in total. The number of amides is 1. The molecule has 1 aliphatic rings. The fraction of sp³-hybridized carbons (Fsp3) is 0.421. The molecule has 0 bridgehead atoms. The van der Waals surface area contributed by atoms with Crippen LogP contribution in [0, 0.1) is 6.92 Å². The van der Waals surface area contributed by atoms with Gasteiger partial charge in [-0.25, -0.2) is 8.42 Å². The summed E-state index contributed by atoms with van der Waals surface area (Å²) >= 11 is 0. The average molecular weight is 407 g/mol. The van der Waals surface area contributed by atoms with E-state index < -0.39 is 15.9 Å². The number of carbonyl (C=O) groups is 1. The number of aromatic nitrogens is 1. The van der Waals surface area contributed by atoms with E-state index in [1.165, 1.54) is 17.5 Å². The van der Waals surface area contributed by atoms with E-state index in [1.54, 1.807) is 43.8 Å². The van der Waals surface area contributed by atoms with Gasteiger partial charge in [-0.1, -0.05) is 0 Å². The van der Waals surface area contributed by atoms with Crippen molar-refractivity contribution in [1.29, 1.82) is 0 Å². The zero-order valence-corrected chi connectivity index (χ0v) is 17.3. The number of rotatable bonds is 6. The number of nitrogens with zero attached hydrogens (tertiary/aromatic N) is 2. The lowest BCUT2D eigenvalue weighted by Crippen LogP contribution is -2.28. The normalized spacial score (nSPS) is 14.9. The SMILES string of the molecule is COc1ccc(NC(=O)c2cc(S(=O)(=O)N3CCCC3)c(C)n2C)c(OC)c1. The molecule has 1 aromatic carbocycles. The van der Waals surface area contributed by atoms with E-state index in [1.807, 2.05) is 0 Å². The monoisotopic (exact) mass is 407 g/mol. The van der Waals surface area contributed by atoms with Crippen LogP contribution in [0.15, 0.2) is 29.2 Å². The van der Waals surface area contributed by atoms with Gasteiger partial charge < -0.3 is 19.4 Å². The number of hydrogen-bond acceptors (Lipinski definition) is 5. The van der Waals surface area contributed by atoms with Gasteiger partial charge in [0, 0.05) is 31.9 Å². The molecule has 9 heteroatoms. The lowest BCUT2D eigenvalue weighted by Gasteiger charge is -2.15. The first-order chi connectivity index (χ1) is 13.3. The van der Waals surface area contributed by atoms with Gasteiger partial charge in [-0.05, 0) is 38.0 Å². The van der Waals surface area contributed by atoms with Gasteiger partial charge >= 0.3 is 0 Å². The third-order valence-corrected chi connectivity index (χ3v) is 7.08. The van der Waals surface area contributed by atoms with Crippen molar-refractivity contribution >= 4 is 21.6 Å². The second-order valence-electron chi connectivity index (χ2n) is 6.67. The Hall–Kier alpha value is -2.52. The number of anilines is 1. The highest BCUT2D eigenvalue weighted by atomic mass is 32.2. The van der Waals surface area contributed by atoms with Crippen LogP contribution in [0.3, 0.4) is 0 Å². The summed E-state index contributed by atoms with van der Waals surface area (Å²) in [6.45, 7) is 2.73. The van der Waals surface area contributed by atoms with Gasteiger partial charge in [0.1, 0.15) is 22.1 Å². The fourth-order valence-electron chi connectivity index (χ4n) is 3.31. The van der Waals surface area contributed by atoms with E-state index in [0.717, 1.165) is 12.8 Å². The summed E-state index contributed by atoms with van der Waals surface area (Å²) in [4.78, 5) is 13.0. The summed E-state index contributed by atoms with van der Waals surface area (Å²) in [5.41, 5.74) is 1.25. The molecule has 2 heterocycles. The molecule has 3 rings (SSSR count). The number of methoxy groups -OCH3 is 2. The first-order valence-electron chi connectivity index (χ1n) is 8.99. The molecule has 0 spiro atoms. The number of benzene rings is 1. The Morgan fingerprint density at radius 2 is 1.79 bits per heavy atom. The van der Waals surface area contributed by atoms with Crippen LogP contribution in [-0.4, -0.2) is 50.5 Å². The van der Waals surface area contributed by atoms with Gasteiger partial charge in [0.2, 0.25) is 10.0 Å². The van der Waals surface area contributed by atoms with Crippen molar-refractivity contribution in [2.24, 2.45) is 7.05 Å². The Kier molecular flexibility index (Phi) is 5.66. The third-order valence-electron chi connectivity index (χ3n) is 5.06. The van der Waals surface area contributed by atoms with Gasteiger partial charge in [-0.2, -0.15) is 4.31 Å². The summed E-state index contributed by atoms with van der Waals surface area (Å²) in [5, 5.41) is 2.78. The summed E-state index contributed by atoms with van der Waals surface area (Å²) in [5.74, 6) is 0.629. The van der Waals surface area contributed by atoms with E-state index in [2.05, 4.69) is 5.32 Å². The predicted molar refractivity (Wildman–Crippen MR) is 106 cm³/mol. The number of sulfonamides is 1. The van der Waals surface area contributed by atoms with Gasteiger partial charge in [0.25, 0.3) is 5.91 Å². The molecular weight excluding hydrogens is 382 g/mol. The molecule has 1 aromatic heterocycles. The van der Waals surface area contributed by atoms with Crippen molar-refractivity contribution in [3.8, 4) is 11.5 Å². The van der Waals surface area contributed by atoms with E-state index in [4.69, 9.17) is 9.47 Å². The van der Waals surface area contributed by atoms with E-state index in [9.17, 15) is 13.2 Å². The Morgan fingerprint density at radius 1 is 1.11 bits per heavy atom. The van der Waals surface area contributed by atoms with Crippen LogP contribution < -0.4 is 14.8 Å². The van der Waals surface area contributed by atoms with Crippen LogP contribution >= 0.6 is 0 Å². The lowest BCUT2D eigenvalue weighted by molar-refractivity contribution is 0.101. The van der Waals surface area contributed by atoms with Crippen LogP contribution in [0.1, 0.15) is 29.0 Å². The third kappa shape index (κ3) is 3.59. The number of carbonyl (C=O) groups excluding carboxylic acids is 1.